The van der Waals surface area contributed by atoms with E-state index in [9.17, 15) is 4.79 Å². The van der Waals surface area contributed by atoms with Gasteiger partial charge in [0.1, 0.15) is 18.1 Å². The first-order valence-electron chi connectivity index (χ1n) is 8.19. The van der Waals surface area contributed by atoms with Crippen molar-refractivity contribution >= 4 is 22.6 Å². The molecule has 0 radical (unpaired) electrons. The molecule has 0 amide bonds. The van der Waals surface area contributed by atoms with Crippen LogP contribution in [0, 0.1) is 13.8 Å². The smallest absolute Gasteiger partial charge is 0.339 e. The molecule has 0 saturated carbocycles. The Kier molecular flexibility index (Phi) is 4.02. The Bertz CT molecular complexity index is 1010. The zero-order valence-corrected chi connectivity index (χ0v) is 14.9. The van der Waals surface area contributed by atoms with Crippen molar-refractivity contribution in [1.29, 1.82) is 0 Å². The monoisotopic (exact) mass is 355 g/mol. The van der Waals surface area contributed by atoms with Crippen LogP contribution in [0.2, 0.25) is 5.02 Å². The third-order valence-electron chi connectivity index (χ3n) is 4.77. The molecule has 0 atom stereocenters. The van der Waals surface area contributed by atoms with Crippen molar-refractivity contribution in [3.8, 4) is 5.75 Å². The molecule has 1 aromatic heterocycles. The zero-order chi connectivity index (χ0) is 17.6. The van der Waals surface area contributed by atoms with Gasteiger partial charge >= 0.3 is 5.63 Å². The predicted molar refractivity (Wildman–Crippen MR) is 98.2 cm³/mol. The number of nitrogens with zero attached hydrogens (tertiary/aromatic N) is 1. The van der Waals surface area contributed by atoms with Crippen LogP contribution in [-0.4, -0.2) is 11.6 Å². The fraction of sp³-hybridized carbons (Fsp3) is 0.250. The number of fused-ring (bicyclic) bond motifs is 3. The molecule has 2 heterocycles. The van der Waals surface area contributed by atoms with Crippen molar-refractivity contribution in [2.45, 2.75) is 26.9 Å². The third kappa shape index (κ3) is 2.81. The Morgan fingerprint density at radius 3 is 2.68 bits per heavy atom. The molecule has 4 nitrogen and oxygen atoms in total. The molecule has 2 aromatic carbocycles. The van der Waals surface area contributed by atoms with Gasteiger partial charge in [-0.25, -0.2) is 4.79 Å². The Morgan fingerprint density at radius 2 is 1.92 bits per heavy atom. The average molecular weight is 356 g/mol. The average Bonchev–Trinajstić information content (AvgIpc) is 2.62. The first kappa shape index (κ1) is 16.2. The van der Waals surface area contributed by atoms with Crippen LogP contribution in [0.25, 0.3) is 11.0 Å². The first-order chi connectivity index (χ1) is 12.0. The van der Waals surface area contributed by atoms with E-state index in [1.54, 1.807) is 6.92 Å². The molecular formula is C20H18ClNO3. The van der Waals surface area contributed by atoms with Crippen molar-refractivity contribution < 1.29 is 9.15 Å². The zero-order valence-electron chi connectivity index (χ0n) is 14.1. The van der Waals surface area contributed by atoms with Gasteiger partial charge in [0, 0.05) is 24.0 Å². The molecule has 128 valence electrons. The van der Waals surface area contributed by atoms with Gasteiger partial charge < -0.3 is 9.15 Å². The van der Waals surface area contributed by atoms with E-state index in [2.05, 4.69) is 17.0 Å². The highest BCUT2D eigenvalue weighted by Gasteiger charge is 2.25. The highest BCUT2D eigenvalue weighted by atomic mass is 35.5. The minimum Gasteiger partial charge on any atom is -0.476 e. The second-order valence-electron chi connectivity index (χ2n) is 6.43. The molecule has 0 fully saturated rings. The molecule has 0 spiro atoms. The summed E-state index contributed by atoms with van der Waals surface area (Å²) in [6.45, 7) is 5.51. The lowest BCUT2D eigenvalue weighted by atomic mass is 10.0. The Hall–Kier alpha value is -2.30. The number of rotatable bonds is 2. The molecule has 0 bridgehead atoms. The van der Waals surface area contributed by atoms with E-state index in [0.29, 0.717) is 35.2 Å². The van der Waals surface area contributed by atoms with Crippen LogP contribution < -0.4 is 10.4 Å². The second-order valence-corrected chi connectivity index (χ2v) is 6.84. The summed E-state index contributed by atoms with van der Waals surface area (Å²) < 4.78 is 11.5. The lowest BCUT2D eigenvalue weighted by molar-refractivity contribution is 0.0890. The molecule has 3 aromatic rings. The van der Waals surface area contributed by atoms with Crippen LogP contribution in [0.1, 0.15) is 22.3 Å². The first-order valence-corrected chi connectivity index (χ1v) is 8.57. The van der Waals surface area contributed by atoms with E-state index in [0.717, 1.165) is 23.1 Å². The fourth-order valence-electron chi connectivity index (χ4n) is 3.26. The van der Waals surface area contributed by atoms with Gasteiger partial charge in [-0.3, -0.25) is 4.90 Å². The third-order valence-corrected chi connectivity index (χ3v) is 5.05. The molecule has 25 heavy (non-hydrogen) atoms. The standard InChI is InChI=1S/C20H18ClNO3/c1-12-13(2)20(23)25-18-15(12)8-17(21)19-16(18)10-22(11-24-19)9-14-6-4-3-5-7-14/h3-8H,9-11H2,1-2H3. The van der Waals surface area contributed by atoms with Crippen molar-refractivity contribution in [3.05, 3.63) is 74.1 Å². The number of hydrogen-bond acceptors (Lipinski definition) is 4. The summed E-state index contributed by atoms with van der Waals surface area (Å²) >= 11 is 6.43. The van der Waals surface area contributed by atoms with Crippen LogP contribution in [0.4, 0.5) is 0 Å². The molecule has 0 saturated heterocycles. The second kappa shape index (κ2) is 6.21. The van der Waals surface area contributed by atoms with Gasteiger partial charge in [-0.15, -0.1) is 0 Å². The van der Waals surface area contributed by atoms with Gasteiger partial charge in [-0.2, -0.15) is 0 Å². The summed E-state index contributed by atoms with van der Waals surface area (Å²) in [5, 5.41) is 1.42. The van der Waals surface area contributed by atoms with Crippen LogP contribution in [0.5, 0.6) is 5.75 Å². The van der Waals surface area contributed by atoms with Gasteiger partial charge in [0.05, 0.1) is 10.6 Å². The highest BCUT2D eigenvalue weighted by molar-refractivity contribution is 6.33. The van der Waals surface area contributed by atoms with Crippen LogP contribution in [0.15, 0.2) is 45.6 Å². The summed E-state index contributed by atoms with van der Waals surface area (Å²) in [6, 6.07) is 12.0. The van der Waals surface area contributed by atoms with Crippen molar-refractivity contribution in [2.75, 3.05) is 6.73 Å². The topological polar surface area (TPSA) is 42.7 Å². The van der Waals surface area contributed by atoms with E-state index >= 15 is 0 Å². The lowest BCUT2D eigenvalue weighted by Gasteiger charge is -2.30. The minimum absolute atomic E-state index is 0.310. The van der Waals surface area contributed by atoms with Crippen LogP contribution >= 0.6 is 11.6 Å². The maximum atomic E-state index is 12.1. The molecular weight excluding hydrogens is 338 g/mol. The molecule has 0 aliphatic carbocycles. The number of hydrogen-bond donors (Lipinski definition) is 0. The largest absolute Gasteiger partial charge is 0.476 e. The van der Waals surface area contributed by atoms with E-state index < -0.39 is 0 Å². The maximum absolute atomic E-state index is 12.1. The van der Waals surface area contributed by atoms with Crippen molar-refractivity contribution in [3.63, 3.8) is 0 Å². The van der Waals surface area contributed by atoms with Gasteiger partial charge in [-0.1, -0.05) is 41.9 Å². The van der Waals surface area contributed by atoms with E-state index in [-0.39, 0.29) is 5.63 Å². The molecule has 1 aliphatic heterocycles. The van der Waals surface area contributed by atoms with E-state index in [1.807, 2.05) is 31.2 Å². The van der Waals surface area contributed by atoms with Gasteiger partial charge in [-0.05, 0) is 31.0 Å². The predicted octanol–water partition coefficient (Wildman–Crippen LogP) is 4.42. The summed E-state index contributed by atoms with van der Waals surface area (Å²) in [5.74, 6) is 0.616. The number of benzene rings is 2. The molecule has 0 unspecified atom stereocenters. The fourth-order valence-corrected chi connectivity index (χ4v) is 3.53. The molecule has 1 aliphatic rings. The summed E-state index contributed by atoms with van der Waals surface area (Å²) in [5.41, 5.74) is 3.82. The minimum atomic E-state index is -0.310. The van der Waals surface area contributed by atoms with Crippen LogP contribution in [0.3, 0.4) is 0 Å². The van der Waals surface area contributed by atoms with Gasteiger partial charge in [0.2, 0.25) is 0 Å². The molecule has 4 rings (SSSR count). The highest BCUT2D eigenvalue weighted by Crippen LogP contribution is 2.39. The maximum Gasteiger partial charge on any atom is 0.339 e. The van der Waals surface area contributed by atoms with Crippen molar-refractivity contribution in [1.82, 2.24) is 4.90 Å². The lowest BCUT2D eigenvalue weighted by Crippen LogP contribution is -2.32. The Morgan fingerprint density at radius 1 is 1.16 bits per heavy atom. The quantitative estimate of drug-likeness (QED) is 0.638. The van der Waals surface area contributed by atoms with E-state index in [1.165, 1.54) is 5.56 Å². The Labute approximate surface area is 150 Å². The molecule has 5 heteroatoms. The summed E-state index contributed by atoms with van der Waals surface area (Å²) in [4.78, 5) is 14.3. The number of ether oxygens (including phenoxy) is 1. The number of aryl methyl sites for hydroxylation is 1. The van der Waals surface area contributed by atoms with Gasteiger partial charge in [0.15, 0.2) is 0 Å². The van der Waals surface area contributed by atoms with E-state index in [4.69, 9.17) is 20.8 Å². The number of halogens is 1. The summed E-state index contributed by atoms with van der Waals surface area (Å²) in [6.07, 6.45) is 0. The SMILES string of the molecule is Cc1c(C)c2cc(Cl)c3c(c2oc1=O)CN(Cc1ccccc1)CO3. The normalized spacial score (nSPS) is 14.4. The summed E-state index contributed by atoms with van der Waals surface area (Å²) in [7, 11) is 0. The molecule has 0 N–H and O–H groups in total. The van der Waals surface area contributed by atoms with Crippen molar-refractivity contribution in [2.24, 2.45) is 0 Å². The Balaban J connectivity index is 1.80. The van der Waals surface area contributed by atoms with Gasteiger partial charge in [0.25, 0.3) is 0 Å². The van der Waals surface area contributed by atoms with Crippen LogP contribution in [-0.2, 0) is 13.1 Å².